The Morgan fingerprint density at radius 1 is 1.00 bits per heavy atom. The van der Waals surface area contributed by atoms with Crippen molar-refractivity contribution in [2.24, 2.45) is 0 Å². The Bertz CT molecular complexity index is 735. The second-order valence-electron chi connectivity index (χ2n) is 5.39. The first-order valence-corrected chi connectivity index (χ1v) is 8.22. The van der Waals surface area contributed by atoms with Gasteiger partial charge in [-0.15, -0.1) is 11.3 Å². The molecule has 0 bridgehead atoms. The highest BCUT2D eigenvalue weighted by atomic mass is 32.1. The van der Waals surface area contributed by atoms with Crippen LogP contribution in [0, 0.1) is 0 Å². The molecular formula is C17H16N2O3S. The fourth-order valence-electron chi connectivity index (χ4n) is 2.05. The minimum absolute atomic E-state index is 0.0420. The van der Waals surface area contributed by atoms with Crippen molar-refractivity contribution in [1.29, 1.82) is 0 Å². The van der Waals surface area contributed by atoms with Crippen molar-refractivity contribution in [3.05, 3.63) is 57.8 Å². The summed E-state index contributed by atoms with van der Waals surface area (Å²) in [6.45, 7) is 0.240. The highest BCUT2D eigenvalue weighted by molar-refractivity contribution is 7.14. The van der Waals surface area contributed by atoms with Gasteiger partial charge >= 0.3 is 11.8 Å². The maximum atomic E-state index is 12.3. The van der Waals surface area contributed by atoms with E-state index in [1.807, 2.05) is 18.2 Å². The topological polar surface area (TPSA) is 75.3 Å². The molecule has 0 spiro atoms. The fourth-order valence-corrected chi connectivity index (χ4v) is 2.96. The fraction of sp³-hybridized carbons (Fsp3) is 0.235. The Hall–Kier alpha value is -2.47. The molecule has 0 atom stereocenters. The quantitative estimate of drug-likeness (QED) is 0.650. The smallest absolute Gasteiger partial charge is 0.309 e. The molecule has 23 heavy (non-hydrogen) atoms. The number of hydrogen-bond donors (Lipinski definition) is 2. The molecule has 6 heteroatoms. The molecule has 2 aromatic rings. The number of hydrogen-bond acceptors (Lipinski definition) is 4. The van der Waals surface area contributed by atoms with Gasteiger partial charge in [0.05, 0.1) is 11.4 Å². The Balaban J connectivity index is 1.55. The largest absolute Gasteiger partial charge is 0.345 e. The normalized spacial score (nSPS) is 13.4. The molecule has 1 aromatic heterocycles. The van der Waals surface area contributed by atoms with E-state index in [0.29, 0.717) is 10.4 Å². The molecule has 1 aliphatic carbocycles. The number of amides is 2. The van der Waals surface area contributed by atoms with Gasteiger partial charge < -0.3 is 10.6 Å². The van der Waals surface area contributed by atoms with Crippen LogP contribution in [0.25, 0.3) is 0 Å². The summed E-state index contributed by atoms with van der Waals surface area (Å²) in [5.41, 5.74) is 0.633. The van der Waals surface area contributed by atoms with Gasteiger partial charge in [-0.05, 0) is 25.0 Å². The molecule has 0 unspecified atom stereocenters. The summed E-state index contributed by atoms with van der Waals surface area (Å²) in [5, 5.41) is 5.21. The standard InChI is InChI=1S/C17H16N2O3S/c20-15(11-4-2-1-3-5-11)14-9-8-13(23-14)10-18-16(21)17(22)19-12-6-7-12/h1-5,8-9,12H,6-7,10H2,(H,18,21)(H,19,22). The molecule has 118 valence electrons. The predicted molar refractivity (Wildman–Crippen MR) is 87.2 cm³/mol. The molecule has 0 aliphatic heterocycles. The molecule has 3 rings (SSSR count). The Labute approximate surface area is 137 Å². The van der Waals surface area contributed by atoms with Crippen LogP contribution in [0.5, 0.6) is 0 Å². The number of thiophene rings is 1. The van der Waals surface area contributed by atoms with Crippen LogP contribution in [0.4, 0.5) is 0 Å². The molecule has 0 radical (unpaired) electrons. The van der Waals surface area contributed by atoms with Crippen LogP contribution in [-0.4, -0.2) is 23.6 Å². The Morgan fingerprint density at radius 2 is 1.74 bits per heavy atom. The van der Waals surface area contributed by atoms with Crippen molar-refractivity contribution in [3.63, 3.8) is 0 Å². The van der Waals surface area contributed by atoms with Crippen molar-refractivity contribution in [2.45, 2.75) is 25.4 Å². The van der Waals surface area contributed by atoms with Crippen molar-refractivity contribution in [1.82, 2.24) is 10.6 Å². The van der Waals surface area contributed by atoms with Gasteiger partial charge in [0.25, 0.3) is 0 Å². The van der Waals surface area contributed by atoms with Gasteiger partial charge in [0.1, 0.15) is 0 Å². The van der Waals surface area contributed by atoms with E-state index in [9.17, 15) is 14.4 Å². The lowest BCUT2D eigenvalue weighted by atomic mass is 10.1. The summed E-state index contributed by atoms with van der Waals surface area (Å²) in [6, 6.07) is 12.7. The third-order valence-corrected chi connectivity index (χ3v) is 4.55. The average molecular weight is 328 g/mol. The molecular weight excluding hydrogens is 312 g/mol. The summed E-state index contributed by atoms with van der Waals surface area (Å²) >= 11 is 1.32. The Kier molecular flexibility index (Phi) is 4.52. The summed E-state index contributed by atoms with van der Waals surface area (Å²) in [4.78, 5) is 36.9. The molecule has 1 heterocycles. The predicted octanol–water partition coefficient (Wildman–Crippen LogP) is 1.87. The summed E-state index contributed by atoms with van der Waals surface area (Å²) in [5.74, 6) is -1.27. The molecule has 2 amide bonds. The lowest BCUT2D eigenvalue weighted by Crippen LogP contribution is -2.40. The van der Waals surface area contributed by atoms with Crippen LogP contribution >= 0.6 is 11.3 Å². The summed E-state index contributed by atoms with van der Waals surface area (Å²) in [6.07, 6.45) is 1.88. The maximum Gasteiger partial charge on any atom is 0.309 e. The second-order valence-corrected chi connectivity index (χ2v) is 6.56. The first kappa shape index (κ1) is 15.4. The average Bonchev–Trinajstić information content (AvgIpc) is 3.26. The van der Waals surface area contributed by atoms with Gasteiger partial charge in [-0.2, -0.15) is 0 Å². The molecule has 1 aromatic carbocycles. The van der Waals surface area contributed by atoms with Gasteiger partial charge in [0, 0.05) is 16.5 Å². The SMILES string of the molecule is O=C(NCc1ccc(C(=O)c2ccccc2)s1)C(=O)NC1CC1. The van der Waals surface area contributed by atoms with Gasteiger partial charge in [0.2, 0.25) is 5.78 Å². The van der Waals surface area contributed by atoms with Crippen LogP contribution in [-0.2, 0) is 16.1 Å². The van der Waals surface area contributed by atoms with Crippen LogP contribution in [0.2, 0.25) is 0 Å². The third-order valence-electron chi connectivity index (χ3n) is 3.46. The maximum absolute atomic E-state index is 12.3. The molecule has 1 saturated carbocycles. The van der Waals surface area contributed by atoms with Crippen LogP contribution in [0.15, 0.2) is 42.5 Å². The number of carbonyl (C=O) groups excluding carboxylic acids is 3. The summed E-state index contributed by atoms with van der Waals surface area (Å²) in [7, 11) is 0. The van der Waals surface area contributed by atoms with E-state index in [4.69, 9.17) is 0 Å². The lowest BCUT2D eigenvalue weighted by molar-refractivity contribution is -0.139. The highest BCUT2D eigenvalue weighted by Crippen LogP contribution is 2.20. The Morgan fingerprint density at radius 3 is 2.43 bits per heavy atom. The second kappa shape index (κ2) is 6.75. The number of rotatable bonds is 5. The molecule has 1 fully saturated rings. The van der Waals surface area contributed by atoms with Crippen molar-refractivity contribution < 1.29 is 14.4 Å². The van der Waals surface area contributed by atoms with Gasteiger partial charge in [-0.3, -0.25) is 14.4 Å². The first-order chi connectivity index (χ1) is 11.1. The molecule has 5 nitrogen and oxygen atoms in total. The van der Waals surface area contributed by atoms with Crippen molar-refractivity contribution in [3.8, 4) is 0 Å². The summed E-state index contributed by atoms with van der Waals surface area (Å²) < 4.78 is 0. The zero-order valence-electron chi connectivity index (χ0n) is 12.4. The molecule has 0 saturated heterocycles. The third kappa shape index (κ3) is 4.04. The van der Waals surface area contributed by atoms with Crippen molar-refractivity contribution in [2.75, 3.05) is 0 Å². The van der Waals surface area contributed by atoms with E-state index < -0.39 is 11.8 Å². The van der Waals surface area contributed by atoms with Crippen LogP contribution < -0.4 is 10.6 Å². The van der Waals surface area contributed by atoms with Crippen LogP contribution in [0.1, 0.15) is 33.0 Å². The number of ketones is 1. The molecule has 2 N–H and O–H groups in total. The van der Waals surface area contributed by atoms with E-state index in [1.54, 1.807) is 24.3 Å². The van der Waals surface area contributed by atoms with E-state index in [1.165, 1.54) is 11.3 Å². The van der Waals surface area contributed by atoms with E-state index in [2.05, 4.69) is 10.6 Å². The zero-order valence-corrected chi connectivity index (χ0v) is 13.2. The van der Waals surface area contributed by atoms with Crippen LogP contribution in [0.3, 0.4) is 0 Å². The monoisotopic (exact) mass is 328 g/mol. The highest BCUT2D eigenvalue weighted by Gasteiger charge is 2.26. The number of nitrogens with one attached hydrogen (secondary N) is 2. The van der Waals surface area contributed by atoms with E-state index in [-0.39, 0.29) is 18.4 Å². The van der Waals surface area contributed by atoms with E-state index >= 15 is 0 Å². The minimum atomic E-state index is -0.638. The number of benzene rings is 1. The van der Waals surface area contributed by atoms with Gasteiger partial charge in [0.15, 0.2) is 0 Å². The number of carbonyl (C=O) groups is 3. The minimum Gasteiger partial charge on any atom is -0.345 e. The van der Waals surface area contributed by atoms with Gasteiger partial charge in [-0.1, -0.05) is 30.3 Å². The lowest BCUT2D eigenvalue weighted by Gasteiger charge is -2.03. The van der Waals surface area contributed by atoms with E-state index in [0.717, 1.165) is 17.7 Å². The van der Waals surface area contributed by atoms with Gasteiger partial charge in [-0.25, -0.2) is 0 Å². The van der Waals surface area contributed by atoms with Crippen molar-refractivity contribution >= 4 is 28.9 Å². The first-order valence-electron chi connectivity index (χ1n) is 7.40. The zero-order chi connectivity index (χ0) is 16.2. The molecule has 1 aliphatic rings.